The number of carbonyl (C=O) groups excluding carboxylic acids is 2. The summed E-state index contributed by atoms with van der Waals surface area (Å²) in [7, 11) is 0. The topological polar surface area (TPSA) is 82.5 Å². The van der Waals surface area contributed by atoms with E-state index < -0.39 is 29.7 Å². The maximum atomic E-state index is 12.9. The van der Waals surface area contributed by atoms with Crippen LogP contribution in [0.3, 0.4) is 0 Å². The van der Waals surface area contributed by atoms with Gasteiger partial charge in [-0.25, -0.2) is 9.48 Å². The second kappa shape index (κ2) is 10.8. The van der Waals surface area contributed by atoms with Crippen molar-refractivity contribution in [1.29, 1.82) is 0 Å². The molecule has 0 spiro atoms. The van der Waals surface area contributed by atoms with Crippen LogP contribution in [0.2, 0.25) is 0 Å². The Bertz CT molecular complexity index is 1200. The summed E-state index contributed by atoms with van der Waals surface area (Å²) >= 11 is 0. The summed E-state index contributed by atoms with van der Waals surface area (Å²) < 4.78 is 46.2. The second-order valence-electron chi connectivity index (χ2n) is 8.59. The number of ether oxygens (including phenoxy) is 1. The lowest BCUT2D eigenvalue weighted by Crippen LogP contribution is -2.29. The fourth-order valence-electron chi connectivity index (χ4n) is 4.29. The number of aromatic nitrogens is 2. The van der Waals surface area contributed by atoms with Crippen LogP contribution in [0.1, 0.15) is 66.6 Å². The van der Waals surface area contributed by atoms with E-state index in [0.29, 0.717) is 22.6 Å². The minimum atomic E-state index is -4.47. The maximum absolute atomic E-state index is 12.9. The van der Waals surface area contributed by atoms with Gasteiger partial charge >= 0.3 is 12.1 Å². The first-order valence-corrected chi connectivity index (χ1v) is 11.7. The Morgan fingerprint density at radius 3 is 2.44 bits per heavy atom. The molecule has 10 heteroatoms. The molecule has 1 atom stereocenters. The summed E-state index contributed by atoms with van der Waals surface area (Å²) in [4.78, 5) is 29.1. The van der Waals surface area contributed by atoms with Crippen molar-refractivity contribution in [3.63, 3.8) is 0 Å². The summed E-state index contributed by atoms with van der Waals surface area (Å²) in [5.74, 6) is -0.429. The van der Waals surface area contributed by atoms with Crippen LogP contribution in [0, 0.1) is 5.92 Å². The van der Waals surface area contributed by atoms with Gasteiger partial charge in [0.15, 0.2) is 0 Å². The molecule has 1 aliphatic carbocycles. The van der Waals surface area contributed by atoms with Crippen LogP contribution in [-0.2, 0) is 15.8 Å². The number of nitrogens with zero attached hydrogens (tertiary/aromatic N) is 2. The Morgan fingerprint density at radius 1 is 1.11 bits per heavy atom. The number of rotatable bonds is 7. The molecule has 1 saturated carbocycles. The average molecular weight is 502 g/mol. The SMILES string of the molecule is CCC(=O)ONC(=O)c1ccccc1C(Oc1ccc(-n2cc(C(F)(F)F)cn2)cc1)C1CCCC1. The van der Waals surface area contributed by atoms with E-state index in [-0.39, 0.29) is 12.3 Å². The van der Waals surface area contributed by atoms with Crippen molar-refractivity contribution in [3.8, 4) is 11.4 Å². The third kappa shape index (κ3) is 5.87. The van der Waals surface area contributed by atoms with Crippen molar-refractivity contribution >= 4 is 11.9 Å². The van der Waals surface area contributed by atoms with Gasteiger partial charge in [0.1, 0.15) is 11.9 Å². The third-order valence-electron chi connectivity index (χ3n) is 6.16. The van der Waals surface area contributed by atoms with Gasteiger partial charge in [-0.1, -0.05) is 38.0 Å². The van der Waals surface area contributed by atoms with E-state index in [2.05, 4.69) is 10.6 Å². The molecule has 0 bridgehead atoms. The van der Waals surface area contributed by atoms with E-state index in [4.69, 9.17) is 9.57 Å². The number of alkyl halides is 3. The zero-order valence-corrected chi connectivity index (χ0v) is 19.6. The van der Waals surface area contributed by atoms with E-state index in [9.17, 15) is 22.8 Å². The lowest BCUT2D eigenvalue weighted by atomic mass is 9.90. The highest BCUT2D eigenvalue weighted by Crippen LogP contribution is 2.40. The van der Waals surface area contributed by atoms with Crippen molar-refractivity contribution < 1.29 is 32.3 Å². The normalized spacial score (nSPS) is 14.9. The Labute approximate surface area is 206 Å². The van der Waals surface area contributed by atoms with Crippen molar-refractivity contribution in [2.75, 3.05) is 0 Å². The first-order valence-electron chi connectivity index (χ1n) is 11.7. The van der Waals surface area contributed by atoms with Gasteiger partial charge in [-0.3, -0.25) is 4.79 Å². The lowest BCUT2D eigenvalue weighted by molar-refractivity contribution is -0.148. The minimum Gasteiger partial charge on any atom is -0.485 e. The van der Waals surface area contributed by atoms with Crippen LogP contribution >= 0.6 is 0 Å². The van der Waals surface area contributed by atoms with Gasteiger partial charge in [0.05, 0.1) is 17.4 Å². The summed E-state index contributed by atoms with van der Waals surface area (Å²) in [6, 6.07) is 13.6. The van der Waals surface area contributed by atoms with E-state index >= 15 is 0 Å². The Balaban J connectivity index is 1.57. The zero-order chi connectivity index (χ0) is 25.7. The Hall–Kier alpha value is -3.82. The first kappa shape index (κ1) is 25.3. The molecule has 3 aromatic rings. The number of hydroxylamine groups is 1. The fourth-order valence-corrected chi connectivity index (χ4v) is 4.29. The molecule has 190 valence electrons. The van der Waals surface area contributed by atoms with Gasteiger partial charge in [-0.2, -0.15) is 23.8 Å². The molecular formula is C26H26F3N3O4. The molecule has 1 fully saturated rings. The predicted octanol–water partition coefficient (Wildman–Crippen LogP) is 5.80. The molecule has 1 N–H and O–H groups in total. The summed E-state index contributed by atoms with van der Waals surface area (Å²) in [6.45, 7) is 1.62. The Morgan fingerprint density at radius 2 is 1.81 bits per heavy atom. The molecule has 7 nitrogen and oxygen atoms in total. The highest BCUT2D eigenvalue weighted by molar-refractivity contribution is 5.95. The molecule has 1 aliphatic rings. The van der Waals surface area contributed by atoms with Crippen LogP contribution < -0.4 is 10.2 Å². The van der Waals surface area contributed by atoms with Crippen molar-refractivity contribution in [2.45, 2.75) is 51.3 Å². The average Bonchev–Trinajstić information content (AvgIpc) is 3.59. The van der Waals surface area contributed by atoms with Gasteiger partial charge in [0, 0.05) is 29.7 Å². The summed E-state index contributed by atoms with van der Waals surface area (Å²) in [5, 5.41) is 3.80. The Kier molecular flexibility index (Phi) is 7.61. The number of nitrogens with one attached hydrogen (secondary N) is 1. The zero-order valence-electron chi connectivity index (χ0n) is 19.6. The molecular weight excluding hydrogens is 475 g/mol. The quantitative estimate of drug-likeness (QED) is 0.414. The number of hydrogen-bond donors (Lipinski definition) is 1. The highest BCUT2D eigenvalue weighted by Gasteiger charge is 2.33. The van der Waals surface area contributed by atoms with E-state index in [0.717, 1.165) is 42.8 Å². The van der Waals surface area contributed by atoms with Gasteiger partial charge in [-0.15, -0.1) is 0 Å². The molecule has 1 heterocycles. The van der Waals surface area contributed by atoms with Crippen molar-refractivity contribution in [2.24, 2.45) is 5.92 Å². The highest BCUT2D eigenvalue weighted by atomic mass is 19.4. The molecule has 1 amide bonds. The van der Waals surface area contributed by atoms with Crippen molar-refractivity contribution in [3.05, 3.63) is 77.6 Å². The van der Waals surface area contributed by atoms with Gasteiger partial charge < -0.3 is 9.57 Å². The van der Waals surface area contributed by atoms with Crippen LogP contribution in [0.4, 0.5) is 13.2 Å². The van der Waals surface area contributed by atoms with E-state index in [1.807, 2.05) is 12.1 Å². The number of hydrogen-bond acceptors (Lipinski definition) is 5. The predicted molar refractivity (Wildman–Crippen MR) is 124 cm³/mol. The lowest BCUT2D eigenvalue weighted by Gasteiger charge is -2.27. The molecule has 0 saturated heterocycles. The molecule has 0 aliphatic heterocycles. The number of halogens is 3. The number of amides is 1. The standard InChI is InChI=1S/C26H26F3N3O4/c1-2-23(33)36-31-25(34)22-10-6-5-9-21(22)24(17-7-3-4-8-17)35-20-13-11-19(12-14-20)32-16-18(15-30-32)26(27,28)29/h5-6,9-17,24H,2-4,7-8H2,1H3,(H,31,34). The summed E-state index contributed by atoms with van der Waals surface area (Å²) in [5.41, 5.74) is 2.83. The number of carbonyl (C=O) groups is 2. The molecule has 1 aromatic heterocycles. The van der Waals surface area contributed by atoms with E-state index in [1.165, 1.54) is 0 Å². The largest absolute Gasteiger partial charge is 0.485 e. The van der Waals surface area contributed by atoms with Crippen LogP contribution in [0.15, 0.2) is 60.9 Å². The monoisotopic (exact) mass is 501 g/mol. The minimum absolute atomic E-state index is 0.127. The molecule has 1 unspecified atom stereocenters. The summed E-state index contributed by atoms with van der Waals surface area (Å²) in [6.07, 6.45) is 0.876. The van der Waals surface area contributed by atoms with Gasteiger partial charge in [0.2, 0.25) is 0 Å². The fraction of sp³-hybridized carbons (Fsp3) is 0.346. The first-order chi connectivity index (χ1) is 17.3. The number of benzene rings is 2. The third-order valence-corrected chi connectivity index (χ3v) is 6.16. The van der Waals surface area contributed by atoms with E-state index in [1.54, 1.807) is 43.3 Å². The van der Waals surface area contributed by atoms with Crippen LogP contribution in [-0.4, -0.2) is 21.7 Å². The van der Waals surface area contributed by atoms with Crippen LogP contribution in [0.25, 0.3) is 5.69 Å². The van der Waals surface area contributed by atoms with Crippen LogP contribution in [0.5, 0.6) is 5.75 Å². The molecule has 2 aromatic carbocycles. The molecule has 4 rings (SSSR count). The van der Waals surface area contributed by atoms with Gasteiger partial charge in [-0.05, 0) is 43.2 Å². The maximum Gasteiger partial charge on any atom is 0.419 e. The second-order valence-corrected chi connectivity index (χ2v) is 8.59. The molecule has 36 heavy (non-hydrogen) atoms. The molecule has 0 radical (unpaired) electrons. The van der Waals surface area contributed by atoms with Crippen molar-refractivity contribution in [1.82, 2.24) is 15.3 Å². The smallest absolute Gasteiger partial charge is 0.419 e. The van der Waals surface area contributed by atoms with Gasteiger partial charge in [0.25, 0.3) is 5.91 Å².